The van der Waals surface area contributed by atoms with Crippen LogP contribution in [0.4, 0.5) is 0 Å². The molecule has 2 aromatic rings. The van der Waals surface area contributed by atoms with E-state index in [0.717, 1.165) is 35.0 Å². The number of hydrazone groups is 1. The Morgan fingerprint density at radius 3 is 3.14 bits per heavy atom. The first-order valence-electron chi connectivity index (χ1n) is 7.68. The molecule has 4 nitrogen and oxygen atoms in total. The highest BCUT2D eigenvalue weighted by Gasteiger charge is 2.21. The van der Waals surface area contributed by atoms with E-state index in [1.165, 1.54) is 12.8 Å². The summed E-state index contributed by atoms with van der Waals surface area (Å²) in [6.45, 7) is 2.18. The molecule has 0 spiro atoms. The van der Waals surface area contributed by atoms with Gasteiger partial charge in [-0.05, 0) is 43.2 Å². The van der Waals surface area contributed by atoms with E-state index < -0.39 is 0 Å². The topological polar surface area (TPSA) is 57.2 Å². The Bertz CT molecular complexity index is 671. The fourth-order valence-electron chi connectivity index (χ4n) is 3.11. The molecule has 0 bridgehead atoms. The third-order valence-corrected chi connectivity index (χ3v) is 4.30. The van der Waals surface area contributed by atoms with Gasteiger partial charge < -0.3 is 4.98 Å². The van der Waals surface area contributed by atoms with Crippen LogP contribution >= 0.6 is 0 Å². The summed E-state index contributed by atoms with van der Waals surface area (Å²) in [5.74, 6) is 0.507. The number of aromatic nitrogens is 1. The highest BCUT2D eigenvalue weighted by molar-refractivity contribution is 5.91. The number of hydrogen-bond acceptors (Lipinski definition) is 2. The van der Waals surface area contributed by atoms with Gasteiger partial charge in [-0.1, -0.05) is 25.1 Å². The number of aromatic amines is 1. The molecule has 1 aromatic heterocycles. The first kappa shape index (κ1) is 13.9. The molecular weight excluding hydrogens is 262 g/mol. The van der Waals surface area contributed by atoms with Crippen molar-refractivity contribution in [3.05, 3.63) is 36.0 Å². The summed E-state index contributed by atoms with van der Waals surface area (Å²) in [7, 11) is 0. The predicted octanol–water partition coefficient (Wildman–Crippen LogP) is 3.39. The molecule has 1 fully saturated rings. The molecule has 1 heterocycles. The second kappa shape index (κ2) is 6.12. The van der Waals surface area contributed by atoms with Gasteiger partial charge >= 0.3 is 0 Å². The number of rotatable bonds is 4. The van der Waals surface area contributed by atoms with Gasteiger partial charge in [-0.2, -0.15) is 5.10 Å². The summed E-state index contributed by atoms with van der Waals surface area (Å²) in [6.07, 6.45) is 6.78. The maximum atomic E-state index is 12.1. The van der Waals surface area contributed by atoms with Crippen LogP contribution in [0.2, 0.25) is 0 Å². The Kier molecular flexibility index (Phi) is 4.04. The number of benzene rings is 1. The van der Waals surface area contributed by atoms with E-state index in [1.807, 2.05) is 30.5 Å². The zero-order chi connectivity index (χ0) is 14.7. The molecule has 1 amide bonds. The average molecular weight is 283 g/mol. The van der Waals surface area contributed by atoms with Gasteiger partial charge in [0.05, 0.1) is 6.42 Å². The second-order valence-electron chi connectivity index (χ2n) is 5.67. The summed E-state index contributed by atoms with van der Waals surface area (Å²) in [4.78, 5) is 15.3. The SMILES string of the molecule is CC[C@H]1CCCC1=NNC(=O)Cc1c[nH]c2ccccc12. The number of fused-ring (bicyclic) bond motifs is 1. The monoisotopic (exact) mass is 283 g/mol. The van der Waals surface area contributed by atoms with Crippen molar-refractivity contribution in [3.8, 4) is 0 Å². The largest absolute Gasteiger partial charge is 0.361 e. The predicted molar refractivity (Wildman–Crippen MR) is 85.2 cm³/mol. The number of nitrogens with zero attached hydrogens (tertiary/aromatic N) is 1. The van der Waals surface area contributed by atoms with Crippen LogP contribution in [0.25, 0.3) is 10.9 Å². The van der Waals surface area contributed by atoms with Gasteiger partial charge in [0.1, 0.15) is 0 Å². The van der Waals surface area contributed by atoms with Gasteiger partial charge in [-0.25, -0.2) is 5.43 Å². The molecule has 0 radical (unpaired) electrons. The molecule has 2 N–H and O–H groups in total. The Morgan fingerprint density at radius 1 is 1.43 bits per heavy atom. The normalized spacial score (nSPS) is 20.2. The Labute approximate surface area is 124 Å². The third kappa shape index (κ3) is 2.99. The molecule has 0 saturated heterocycles. The standard InChI is InChI=1S/C17H21N3O/c1-2-12-6-5-9-15(12)19-20-17(21)10-13-11-18-16-8-4-3-7-14(13)16/h3-4,7-8,11-12,18H,2,5-6,9-10H2,1H3,(H,20,21)/t12-/m0/s1. The number of H-pyrrole nitrogens is 1. The van der Waals surface area contributed by atoms with Gasteiger partial charge in [-0.15, -0.1) is 0 Å². The van der Waals surface area contributed by atoms with Gasteiger partial charge in [-0.3, -0.25) is 4.79 Å². The van der Waals surface area contributed by atoms with Gasteiger partial charge in [0.2, 0.25) is 5.91 Å². The zero-order valence-corrected chi connectivity index (χ0v) is 12.4. The Hall–Kier alpha value is -2.10. The molecule has 1 aliphatic carbocycles. The first-order chi connectivity index (χ1) is 10.3. The molecule has 1 aromatic carbocycles. The lowest BCUT2D eigenvalue weighted by Crippen LogP contribution is -2.22. The number of para-hydroxylation sites is 1. The molecule has 110 valence electrons. The summed E-state index contributed by atoms with van der Waals surface area (Å²) in [5.41, 5.74) is 5.96. The quantitative estimate of drug-likeness (QED) is 0.830. The number of nitrogens with one attached hydrogen (secondary N) is 2. The van der Waals surface area contributed by atoms with Crippen LogP contribution in [-0.2, 0) is 11.2 Å². The maximum Gasteiger partial charge on any atom is 0.244 e. The smallest absolute Gasteiger partial charge is 0.244 e. The minimum absolute atomic E-state index is 0.0472. The van der Waals surface area contributed by atoms with E-state index in [0.29, 0.717) is 12.3 Å². The van der Waals surface area contributed by atoms with Gasteiger partial charge in [0, 0.05) is 22.8 Å². The number of hydrogen-bond donors (Lipinski definition) is 2. The van der Waals surface area contributed by atoms with Crippen molar-refractivity contribution in [2.75, 3.05) is 0 Å². The van der Waals surface area contributed by atoms with Crippen molar-refractivity contribution in [2.45, 2.75) is 39.0 Å². The number of carbonyl (C=O) groups excluding carboxylic acids is 1. The Balaban J connectivity index is 1.65. The lowest BCUT2D eigenvalue weighted by Gasteiger charge is -2.07. The molecule has 1 saturated carbocycles. The lowest BCUT2D eigenvalue weighted by atomic mass is 10.0. The summed E-state index contributed by atoms with van der Waals surface area (Å²) < 4.78 is 0. The molecular formula is C17H21N3O. The van der Waals surface area contributed by atoms with Crippen molar-refractivity contribution in [3.63, 3.8) is 0 Å². The third-order valence-electron chi connectivity index (χ3n) is 4.30. The highest BCUT2D eigenvalue weighted by atomic mass is 16.2. The average Bonchev–Trinajstić information content (AvgIpc) is 3.12. The first-order valence-corrected chi connectivity index (χ1v) is 7.68. The van der Waals surface area contributed by atoms with Crippen molar-refractivity contribution in [1.82, 2.24) is 10.4 Å². The van der Waals surface area contributed by atoms with E-state index in [4.69, 9.17) is 0 Å². The van der Waals surface area contributed by atoms with Crippen molar-refractivity contribution in [1.29, 1.82) is 0 Å². The molecule has 21 heavy (non-hydrogen) atoms. The van der Waals surface area contributed by atoms with Crippen LogP contribution in [0.1, 0.15) is 38.2 Å². The van der Waals surface area contributed by atoms with Crippen LogP contribution in [0.5, 0.6) is 0 Å². The second-order valence-corrected chi connectivity index (χ2v) is 5.67. The van der Waals surface area contributed by atoms with E-state index in [1.54, 1.807) is 0 Å². The maximum absolute atomic E-state index is 12.1. The summed E-state index contributed by atoms with van der Waals surface area (Å²) >= 11 is 0. The van der Waals surface area contributed by atoms with E-state index in [2.05, 4.69) is 22.4 Å². The van der Waals surface area contributed by atoms with Gasteiger partial charge in [0.15, 0.2) is 0 Å². The summed E-state index contributed by atoms with van der Waals surface area (Å²) in [6, 6.07) is 8.02. The molecule has 3 rings (SSSR count). The summed E-state index contributed by atoms with van der Waals surface area (Å²) in [5, 5.41) is 5.45. The minimum Gasteiger partial charge on any atom is -0.361 e. The molecule has 0 aliphatic heterocycles. The van der Waals surface area contributed by atoms with Crippen LogP contribution in [-0.4, -0.2) is 16.6 Å². The van der Waals surface area contributed by atoms with E-state index >= 15 is 0 Å². The van der Waals surface area contributed by atoms with Crippen LogP contribution in [0, 0.1) is 5.92 Å². The Morgan fingerprint density at radius 2 is 2.29 bits per heavy atom. The lowest BCUT2D eigenvalue weighted by molar-refractivity contribution is -0.120. The van der Waals surface area contributed by atoms with Crippen LogP contribution in [0.15, 0.2) is 35.6 Å². The van der Waals surface area contributed by atoms with E-state index in [-0.39, 0.29) is 5.91 Å². The van der Waals surface area contributed by atoms with Crippen molar-refractivity contribution < 1.29 is 4.79 Å². The van der Waals surface area contributed by atoms with Crippen molar-refractivity contribution in [2.24, 2.45) is 11.0 Å². The number of amides is 1. The van der Waals surface area contributed by atoms with Crippen LogP contribution in [0.3, 0.4) is 0 Å². The molecule has 1 aliphatic rings. The van der Waals surface area contributed by atoms with Crippen molar-refractivity contribution >= 4 is 22.5 Å². The minimum atomic E-state index is -0.0472. The number of carbonyl (C=O) groups is 1. The highest BCUT2D eigenvalue weighted by Crippen LogP contribution is 2.25. The molecule has 4 heteroatoms. The molecule has 1 atom stereocenters. The zero-order valence-electron chi connectivity index (χ0n) is 12.4. The molecule has 0 unspecified atom stereocenters. The van der Waals surface area contributed by atoms with E-state index in [9.17, 15) is 4.79 Å². The van der Waals surface area contributed by atoms with Gasteiger partial charge in [0.25, 0.3) is 0 Å². The fourth-order valence-corrected chi connectivity index (χ4v) is 3.11. The fraction of sp³-hybridized carbons (Fsp3) is 0.412. The van der Waals surface area contributed by atoms with Crippen LogP contribution < -0.4 is 5.43 Å².